The highest BCUT2D eigenvalue weighted by Gasteiger charge is 2.16. The van der Waals surface area contributed by atoms with Crippen LogP contribution in [0.15, 0.2) is 24.3 Å². The maximum Gasteiger partial charge on any atom is 0.0808 e. The molecular formula is C16H22N2O. The van der Waals surface area contributed by atoms with Crippen LogP contribution in [0.25, 0.3) is 5.69 Å². The molecule has 0 amide bonds. The molecule has 0 unspecified atom stereocenters. The number of aromatic nitrogens is 2. The minimum absolute atomic E-state index is 0.440. The Kier molecular flexibility index (Phi) is 4.05. The molecule has 0 fully saturated rings. The third-order valence-electron chi connectivity index (χ3n) is 3.71. The highest BCUT2D eigenvalue weighted by atomic mass is 16.3. The fourth-order valence-electron chi connectivity index (χ4n) is 2.60. The van der Waals surface area contributed by atoms with Gasteiger partial charge < -0.3 is 5.11 Å². The van der Waals surface area contributed by atoms with Crippen LogP contribution in [0.1, 0.15) is 48.9 Å². The number of aryl methyl sites for hydroxylation is 1. The molecule has 1 heterocycles. The Hall–Kier alpha value is -1.61. The van der Waals surface area contributed by atoms with Gasteiger partial charge in [-0.05, 0) is 38.3 Å². The lowest BCUT2D eigenvalue weighted by Crippen LogP contribution is -2.07. The third kappa shape index (κ3) is 2.43. The van der Waals surface area contributed by atoms with E-state index >= 15 is 0 Å². The SMILES string of the molecule is CCc1c(C)nn(-c2ccccc2[C@H](O)CC)c1C. The van der Waals surface area contributed by atoms with Gasteiger partial charge >= 0.3 is 0 Å². The number of benzene rings is 1. The highest BCUT2D eigenvalue weighted by molar-refractivity contribution is 5.44. The van der Waals surface area contributed by atoms with Gasteiger partial charge in [-0.2, -0.15) is 5.10 Å². The Morgan fingerprint density at radius 1 is 1.21 bits per heavy atom. The first kappa shape index (κ1) is 13.8. The minimum atomic E-state index is -0.440. The van der Waals surface area contributed by atoms with Crippen molar-refractivity contribution in [2.24, 2.45) is 0 Å². The zero-order chi connectivity index (χ0) is 14.0. The van der Waals surface area contributed by atoms with Gasteiger partial charge in [0.15, 0.2) is 0 Å². The maximum atomic E-state index is 10.2. The molecule has 0 aliphatic rings. The summed E-state index contributed by atoms with van der Waals surface area (Å²) in [6.07, 6.45) is 1.25. The number of hydrogen-bond acceptors (Lipinski definition) is 2. The lowest BCUT2D eigenvalue weighted by atomic mass is 10.0. The van der Waals surface area contributed by atoms with Crippen LogP contribution in [0.2, 0.25) is 0 Å². The predicted octanol–water partition coefficient (Wildman–Crippen LogP) is 3.49. The normalized spacial score (nSPS) is 12.7. The summed E-state index contributed by atoms with van der Waals surface area (Å²) in [4.78, 5) is 0. The fraction of sp³-hybridized carbons (Fsp3) is 0.438. The molecule has 0 bridgehead atoms. The van der Waals surface area contributed by atoms with Gasteiger partial charge in [0.05, 0.1) is 17.5 Å². The van der Waals surface area contributed by atoms with Crippen LogP contribution < -0.4 is 0 Å². The quantitative estimate of drug-likeness (QED) is 0.911. The van der Waals surface area contributed by atoms with Crippen LogP contribution in [-0.2, 0) is 6.42 Å². The summed E-state index contributed by atoms with van der Waals surface area (Å²) in [5.74, 6) is 0. The van der Waals surface area contributed by atoms with Crippen molar-refractivity contribution < 1.29 is 5.11 Å². The Labute approximate surface area is 114 Å². The van der Waals surface area contributed by atoms with Crippen LogP contribution in [-0.4, -0.2) is 14.9 Å². The molecule has 3 nitrogen and oxygen atoms in total. The van der Waals surface area contributed by atoms with Crippen molar-refractivity contribution in [3.63, 3.8) is 0 Å². The van der Waals surface area contributed by atoms with Crippen LogP contribution in [0.4, 0.5) is 0 Å². The molecule has 3 heteroatoms. The molecule has 0 aliphatic carbocycles. The number of aliphatic hydroxyl groups excluding tert-OH is 1. The molecule has 102 valence electrons. The summed E-state index contributed by atoms with van der Waals surface area (Å²) in [5, 5.41) is 14.8. The first-order valence-corrected chi connectivity index (χ1v) is 6.92. The van der Waals surface area contributed by atoms with E-state index in [1.807, 2.05) is 42.8 Å². The van der Waals surface area contributed by atoms with E-state index in [1.165, 1.54) is 5.56 Å². The molecular weight excluding hydrogens is 236 g/mol. The molecule has 0 saturated heterocycles. The topological polar surface area (TPSA) is 38.0 Å². The van der Waals surface area contributed by atoms with Crippen LogP contribution in [0, 0.1) is 13.8 Å². The number of hydrogen-bond donors (Lipinski definition) is 1. The molecule has 1 N–H and O–H groups in total. The standard InChI is InChI=1S/C16H22N2O/c1-5-13-11(3)17-18(12(13)4)15-10-8-7-9-14(15)16(19)6-2/h7-10,16,19H,5-6H2,1-4H3/t16-/m1/s1. The van der Waals surface area contributed by atoms with Crippen LogP contribution in [0.5, 0.6) is 0 Å². The first-order chi connectivity index (χ1) is 9.10. The van der Waals surface area contributed by atoms with Crippen molar-refractivity contribution in [1.29, 1.82) is 0 Å². The largest absolute Gasteiger partial charge is 0.388 e. The van der Waals surface area contributed by atoms with Crippen LogP contribution in [0.3, 0.4) is 0 Å². The van der Waals surface area contributed by atoms with E-state index in [1.54, 1.807) is 0 Å². The van der Waals surface area contributed by atoms with E-state index in [9.17, 15) is 5.11 Å². The highest BCUT2D eigenvalue weighted by Crippen LogP contribution is 2.26. The average Bonchev–Trinajstić information content (AvgIpc) is 2.72. The van der Waals surface area contributed by atoms with Gasteiger partial charge in [-0.15, -0.1) is 0 Å². The van der Waals surface area contributed by atoms with Crippen molar-refractivity contribution >= 4 is 0 Å². The minimum Gasteiger partial charge on any atom is -0.388 e. The summed E-state index contributed by atoms with van der Waals surface area (Å²) in [6.45, 7) is 8.27. The summed E-state index contributed by atoms with van der Waals surface area (Å²) in [6, 6.07) is 7.95. The Bertz CT molecular complexity index is 572. The molecule has 0 radical (unpaired) electrons. The van der Waals surface area contributed by atoms with Gasteiger partial charge in [-0.25, -0.2) is 4.68 Å². The molecule has 1 atom stereocenters. The molecule has 1 aromatic heterocycles. The average molecular weight is 258 g/mol. The van der Waals surface area contributed by atoms with Gasteiger partial charge in [-0.3, -0.25) is 0 Å². The number of aliphatic hydroxyl groups is 1. The number of nitrogens with zero attached hydrogens (tertiary/aromatic N) is 2. The zero-order valence-electron chi connectivity index (χ0n) is 12.1. The lowest BCUT2D eigenvalue weighted by Gasteiger charge is -2.15. The second kappa shape index (κ2) is 5.57. The summed E-state index contributed by atoms with van der Waals surface area (Å²) >= 11 is 0. The zero-order valence-corrected chi connectivity index (χ0v) is 12.1. The van der Waals surface area contributed by atoms with Gasteiger partial charge in [-0.1, -0.05) is 32.0 Å². The predicted molar refractivity (Wildman–Crippen MR) is 77.7 cm³/mol. The summed E-state index contributed by atoms with van der Waals surface area (Å²) < 4.78 is 1.96. The number of rotatable bonds is 4. The number of para-hydroxylation sites is 1. The molecule has 0 aliphatic heterocycles. The van der Waals surface area contributed by atoms with Crippen LogP contribution >= 0.6 is 0 Å². The maximum absolute atomic E-state index is 10.2. The van der Waals surface area contributed by atoms with Gasteiger partial charge in [0.1, 0.15) is 0 Å². The van der Waals surface area contributed by atoms with E-state index < -0.39 is 6.10 Å². The molecule has 19 heavy (non-hydrogen) atoms. The molecule has 0 spiro atoms. The second-order valence-corrected chi connectivity index (χ2v) is 4.90. The second-order valence-electron chi connectivity index (χ2n) is 4.90. The van der Waals surface area contributed by atoms with E-state index in [0.29, 0.717) is 6.42 Å². The molecule has 0 saturated carbocycles. The first-order valence-electron chi connectivity index (χ1n) is 6.92. The molecule has 2 rings (SSSR count). The van der Waals surface area contributed by atoms with Crippen molar-refractivity contribution in [1.82, 2.24) is 9.78 Å². The fourth-order valence-corrected chi connectivity index (χ4v) is 2.60. The smallest absolute Gasteiger partial charge is 0.0808 e. The van der Waals surface area contributed by atoms with Crippen molar-refractivity contribution in [2.75, 3.05) is 0 Å². The third-order valence-corrected chi connectivity index (χ3v) is 3.71. The monoisotopic (exact) mass is 258 g/mol. The van der Waals surface area contributed by atoms with E-state index in [4.69, 9.17) is 0 Å². The van der Waals surface area contributed by atoms with Crippen molar-refractivity contribution in [2.45, 2.75) is 46.6 Å². The van der Waals surface area contributed by atoms with E-state index in [-0.39, 0.29) is 0 Å². The Morgan fingerprint density at radius 2 is 1.89 bits per heavy atom. The lowest BCUT2D eigenvalue weighted by molar-refractivity contribution is 0.173. The Balaban J connectivity index is 2.59. The van der Waals surface area contributed by atoms with E-state index in [0.717, 1.165) is 29.1 Å². The molecule has 2 aromatic rings. The summed E-state index contributed by atoms with van der Waals surface area (Å²) in [7, 11) is 0. The van der Waals surface area contributed by atoms with Crippen molar-refractivity contribution in [3.8, 4) is 5.69 Å². The van der Waals surface area contributed by atoms with Gasteiger partial charge in [0, 0.05) is 11.3 Å². The molecule has 1 aromatic carbocycles. The van der Waals surface area contributed by atoms with Gasteiger partial charge in [0.25, 0.3) is 0 Å². The van der Waals surface area contributed by atoms with Crippen molar-refractivity contribution in [3.05, 3.63) is 46.8 Å². The Morgan fingerprint density at radius 3 is 2.47 bits per heavy atom. The summed E-state index contributed by atoms with van der Waals surface area (Å²) in [5.41, 5.74) is 5.45. The van der Waals surface area contributed by atoms with E-state index in [2.05, 4.69) is 18.9 Å². The van der Waals surface area contributed by atoms with Gasteiger partial charge in [0.2, 0.25) is 0 Å².